The zero-order valence-corrected chi connectivity index (χ0v) is 11.8. The van der Waals surface area contributed by atoms with Gasteiger partial charge in [0.05, 0.1) is 11.6 Å². The standard InChI is InChI=1S/C16H11ClN4/c17-15-13-6-1-2-7-14(13)16(21-20-15)19-10-12-5-3-4-11(8-12)9-18/h1-8H,10H2,(H,19,21). The SMILES string of the molecule is N#Cc1cccc(CNc2nnc(Cl)c3ccccc23)c1. The predicted octanol–water partition coefficient (Wildman–Crippen LogP) is 3.77. The summed E-state index contributed by atoms with van der Waals surface area (Å²) in [6.45, 7) is 0.565. The molecule has 2 aromatic carbocycles. The average Bonchev–Trinajstić information content (AvgIpc) is 2.55. The van der Waals surface area contributed by atoms with Gasteiger partial charge in [0, 0.05) is 17.3 Å². The monoisotopic (exact) mass is 294 g/mol. The molecule has 102 valence electrons. The average molecular weight is 295 g/mol. The van der Waals surface area contributed by atoms with Gasteiger partial charge in [0.2, 0.25) is 0 Å². The molecular formula is C16H11ClN4. The second-order valence-corrected chi connectivity index (χ2v) is 4.91. The van der Waals surface area contributed by atoms with Crippen molar-refractivity contribution >= 4 is 28.2 Å². The van der Waals surface area contributed by atoms with E-state index in [0.29, 0.717) is 23.1 Å². The zero-order chi connectivity index (χ0) is 14.7. The van der Waals surface area contributed by atoms with Crippen molar-refractivity contribution in [1.29, 1.82) is 5.26 Å². The quantitative estimate of drug-likeness (QED) is 0.799. The first-order chi connectivity index (χ1) is 10.3. The minimum absolute atomic E-state index is 0.391. The molecule has 0 amide bonds. The summed E-state index contributed by atoms with van der Waals surface area (Å²) in [5.41, 5.74) is 1.65. The van der Waals surface area contributed by atoms with Gasteiger partial charge in [-0.15, -0.1) is 10.2 Å². The van der Waals surface area contributed by atoms with Gasteiger partial charge in [-0.1, -0.05) is 48.0 Å². The molecule has 0 aliphatic carbocycles. The van der Waals surface area contributed by atoms with E-state index in [9.17, 15) is 0 Å². The molecule has 1 heterocycles. The maximum atomic E-state index is 8.91. The summed E-state index contributed by atoms with van der Waals surface area (Å²) in [4.78, 5) is 0. The van der Waals surface area contributed by atoms with Gasteiger partial charge in [0.25, 0.3) is 0 Å². The van der Waals surface area contributed by atoms with E-state index in [4.69, 9.17) is 16.9 Å². The van der Waals surface area contributed by atoms with E-state index in [-0.39, 0.29) is 0 Å². The van der Waals surface area contributed by atoms with E-state index in [1.54, 1.807) is 6.07 Å². The minimum Gasteiger partial charge on any atom is -0.364 e. The highest BCUT2D eigenvalue weighted by Gasteiger charge is 2.07. The molecule has 0 bridgehead atoms. The smallest absolute Gasteiger partial charge is 0.159 e. The molecule has 0 saturated heterocycles. The number of aromatic nitrogens is 2. The molecule has 0 fully saturated rings. The van der Waals surface area contributed by atoms with Gasteiger partial charge in [0.15, 0.2) is 11.0 Å². The number of hydrogen-bond acceptors (Lipinski definition) is 4. The molecule has 3 aromatic rings. The van der Waals surface area contributed by atoms with E-state index >= 15 is 0 Å². The van der Waals surface area contributed by atoms with Crippen LogP contribution in [0.2, 0.25) is 5.15 Å². The molecule has 0 aliphatic rings. The zero-order valence-electron chi connectivity index (χ0n) is 11.0. The second-order valence-electron chi connectivity index (χ2n) is 4.55. The van der Waals surface area contributed by atoms with Crippen LogP contribution in [0.1, 0.15) is 11.1 Å². The fraction of sp³-hybridized carbons (Fsp3) is 0.0625. The normalized spacial score (nSPS) is 10.3. The van der Waals surface area contributed by atoms with Gasteiger partial charge >= 0.3 is 0 Å². The maximum absolute atomic E-state index is 8.91. The van der Waals surface area contributed by atoms with E-state index in [1.807, 2.05) is 42.5 Å². The van der Waals surface area contributed by atoms with Crippen molar-refractivity contribution in [3.63, 3.8) is 0 Å². The van der Waals surface area contributed by atoms with Gasteiger partial charge in [-0.25, -0.2) is 0 Å². The van der Waals surface area contributed by atoms with Crippen molar-refractivity contribution in [3.05, 3.63) is 64.8 Å². The molecule has 0 saturated carbocycles. The molecule has 1 aromatic heterocycles. The summed E-state index contributed by atoms with van der Waals surface area (Å²) < 4.78 is 0. The summed E-state index contributed by atoms with van der Waals surface area (Å²) >= 11 is 6.05. The van der Waals surface area contributed by atoms with Gasteiger partial charge < -0.3 is 5.32 Å². The molecule has 1 N–H and O–H groups in total. The molecule has 21 heavy (non-hydrogen) atoms. The Bertz CT molecular complexity index is 839. The lowest BCUT2D eigenvalue weighted by Gasteiger charge is -2.09. The maximum Gasteiger partial charge on any atom is 0.159 e. The van der Waals surface area contributed by atoms with Crippen LogP contribution in [0.15, 0.2) is 48.5 Å². The van der Waals surface area contributed by atoms with Crippen LogP contribution in [0.25, 0.3) is 10.8 Å². The lowest BCUT2D eigenvalue weighted by atomic mass is 10.1. The molecule has 3 rings (SSSR count). The van der Waals surface area contributed by atoms with Gasteiger partial charge in [-0.3, -0.25) is 0 Å². The third-order valence-corrected chi connectivity index (χ3v) is 3.44. The topological polar surface area (TPSA) is 61.6 Å². The second kappa shape index (κ2) is 5.78. The lowest BCUT2D eigenvalue weighted by molar-refractivity contribution is 1.02. The Kier molecular flexibility index (Phi) is 3.67. The van der Waals surface area contributed by atoms with Gasteiger partial charge in [0.1, 0.15) is 0 Å². The molecule has 0 atom stereocenters. The van der Waals surface area contributed by atoms with E-state index in [1.165, 1.54) is 0 Å². The number of halogens is 1. The highest BCUT2D eigenvalue weighted by Crippen LogP contribution is 2.25. The van der Waals surface area contributed by atoms with Crippen molar-refractivity contribution in [2.24, 2.45) is 0 Å². The number of nitrogens with zero attached hydrogens (tertiary/aromatic N) is 3. The summed E-state index contributed by atoms with van der Waals surface area (Å²) in [5, 5.41) is 22.4. The predicted molar refractivity (Wildman–Crippen MR) is 83.0 cm³/mol. The van der Waals surface area contributed by atoms with Gasteiger partial charge in [-0.05, 0) is 17.7 Å². The fourth-order valence-corrected chi connectivity index (χ4v) is 2.34. The number of benzene rings is 2. The number of nitrogens with one attached hydrogen (secondary N) is 1. The lowest BCUT2D eigenvalue weighted by Crippen LogP contribution is -2.03. The highest BCUT2D eigenvalue weighted by atomic mass is 35.5. The summed E-state index contributed by atoms with van der Waals surface area (Å²) in [6, 6.07) is 17.3. The number of anilines is 1. The van der Waals surface area contributed by atoms with E-state index < -0.39 is 0 Å². The Balaban J connectivity index is 1.89. The molecule has 0 aliphatic heterocycles. The van der Waals surface area contributed by atoms with Crippen LogP contribution < -0.4 is 5.32 Å². The molecule has 0 unspecified atom stereocenters. The highest BCUT2D eigenvalue weighted by molar-refractivity contribution is 6.34. The number of fused-ring (bicyclic) bond motifs is 1. The number of rotatable bonds is 3. The number of nitriles is 1. The van der Waals surface area contributed by atoms with Crippen molar-refractivity contribution in [3.8, 4) is 6.07 Å². The van der Waals surface area contributed by atoms with Crippen LogP contribution in [-0.4, -0.2) is 10.2 Å². The molecular weight excluding hydrogens is 284 g/mol. The third kappa shape index (κ3) is 2.78. The van der Waals surface area contributed by atoms with Crippen molar-refractivity contribution in [2.75, 3.05) is 5.32 Å². The Morgan fingerprint density at radius 2 is 1.86 bits per heavy atom. The first kappa shape index (κ1) is 13.3. The largest absolute Gasteiger partial charge is 0.364 e. The molecule has 0 spiro atoms. The van der Waals surface area contributed by atoms with Crippen LogP contribution in [0.4, 0.5) is 5.82 Å². The van der Waals surface area contributed by atoms with Crippen LogP contribution in [-0.2, 0) is 6.54 Å². The van der Waals surface area contributed by atoms with Crippen LogP contribution in [0.3, 0.4) is 0 Å². The van der Waals surface area contributed by atoms with Crippen LogP contribution in [0, 0.1) is 11.3 Å². The first-order valence-electron chi connectivity index (χ1n) is 6.42. The van der Waals surface area contributed by atoms with E-state index in [2.05, 4.69) is 21.6 Å². The van der Waals surface area contributed by atoms with Crippen LogP contribution in [0.5, 0.6) is 0 Å². The van der Waals surface area contributed by atoms with Crippen molar-refractivity contribution < 1.29 is 0 Å². The van der Waals surface area contributed by atoms with E-state index in [0.717, 1.165) is 16.3 Å². The Morgan fingerprint density at radius 1 is 1.05 bits per heavy atom. The van der Waals surface area contributed by atoms with Crippen LogP contribution >= 0.6 is 11.6 Å². The molecule has 0 radical (unpaired) electrons. The third-order valence-electron chi connectivity index (χ3n) is 3.16. The Hall–Kier alpha value is -2.64. The fourth-order valence-electron chi connectivity index (χ4n) is 2.14. The Labute approximate surface area is 127 Å². The minimum atomic E-state index is 0.391. The van der Waals surface area contributed by atoms with Gasteiger partial charge in [-0.2, -0.15) is 5.26 Å². The Morgan fingerprint density at radius 3 is 2.67 bits per heavy atom. The first-order valence-corrected chi connectivity index (χ1v) is 6.79. The summed E-state index contributed by atoms with van der Waals surface area (Å²) in [7, 11) is 0. The number of hydrogen-bond donors (Lipinski definition) is 1. The summed E-state index contributed by atoms with van der Waals surface area (Å²) in [6.07, 6.45) is 0. The van der Waals surface area contributed by atoms with Crippen molar-refractivity contribution in [2.45, 2.75) is 6.54 Å². The molecule has 4 nitrogen and oxygen atoms in total. The summed E-state index contributed by atoms with van der Waals surface area (Å²) in [5.74, 6) is 0.678. The van der Waals surface area contributed by atoms with Crippen molar-refractivity contribution in [1.82, 2.24) is 10.2 Å². The molecule has 5 heteroatoms.